The Bertz CT molecular complexity index is 634. The van der Waals surface area contributed by atoms with Gasteiger partial charge in [0.25, 0.3) is 5.91 Å². The van der Waals surface area contributed by atoms with Crippen LogP contribution < -0.4 is 0 Å². The van der Waals surface area contributed by atoms with Gasteiger partial charge in [0.2, 0.25) is 0 Å². The first-order valence-corrected chi connectivity index (χ1v) is 7.33. The maximum Gasteiger partial charge on any atom is 0.254 e. The highest BCUT2D eigenvalue weighted by molar-refractivity contribution is 5.95. The molecule has 20 heavy (non-hydrogen) atoms. The molecule has 3 heterocycles. The highest BCUT2D eigenvalue weighted by Crippen LogP contribution is 2.22. The lowest BCUT2D eigenvalue weighted by Gasteiger charge is -2.35. The summed E-state index contributed by atoms with van der Waals surface area (Å²) >= 11 is 0. The van der Waals surface area contributed by atoms with Crippen LogP contribution in [0.2, 0.25) is 0 Å². The minimum absolute atomic E-state index is 0.125. The SMILES string of the molecule is CCC1CCCCN1C(=O)c1ccn2c(C)nnc2c1. The molecule has 106 valence electrons. The van der Waals surface area contributed by atoms with Crippen molar-refractivity contribution in [3.63, 3.8) is 0 Å². The molecule has 1 aliphatic heterocycles. The van der Waals surface area contributed by atoms with Crippen molar-refractivity contribution in [3.05, 3.63) is 29.7 Å². The summed E-state index contributed by atoms with van der Waals surface area (Å²) in [6.07, 6.45) is 6.36. The molecule has 0 saturated carbocycles. The molecule has 1 amide bonds. The van der Waals surface area contributed by atoms with Crippen LogP contribution in [0.25, 0.3) is 5.65 Å². The highest BCUT2D eigenvalue weighted by Gasteiger charge is 2.26. The lowest BCUT2D eigenvalue weighted by Crippen LogP contribution is -2.43. The van der Waals surface area contributed by atoms with Crippen LogP contribution >= 0.6 is 0 Å². The number of carbonyl (C=O) groups excluding carboxylic acids is 1. The Labute approximate surface area is 118 Å². The van der Waals surface area contributed by atoms with E-state index in [1.807, 2.05) is 34.6 Å². The zero-order valence-corrected chi connectivity index (χ0v) is 12.0. The van der Waals surface area contributed by atoms with E-state index >= 15 is 0 Å². The molecule has 0 aliphatic carbocycles. The third-order valence-electron chi connectivity index (χ3n) is 4.19. The largest absolute Gasteiger partial charge is 0.336 e. The van der Waals surface area contributed by atoms with Crippen molar-refractivity contribution in [1.82, 2.24) is 19.5 Å². The molecule has 0 bridgehead atoms. The van der Waals surface area contributed by atoms with Gasteiger partial charge < -0.3 is 4.90 Å². The van der Waals surface area contributed by atoms with Gasteiger partial charge >= 0.3 is 0 Å². The second-order valence-corrected chi connectivity index (χ2v) is 5.45. The number of carbonyl (C=O) groups is 1. The summed E-state index contributed by atoms with van der Waals surface area (Å²) in [6, 6.07) is 4.09. The van der Waals surface area contributed by atoms with E-state index in [4.69, 9.17) is 0 Å². The van der Waals surface area contributed by atoms with Crippen molar-refractivity contribution < 1.29 is 4.79 Å². The van der Waals surface area contributed by atoms with Crippen LogP contribution in [0.1, 0.15) is 48.8 Å². The van der Waals surface area contributed by atoms with Crippen molar-refractivity contribution >= 4 is 11.6 Å². The summed E-state index contributed by atoms with van der Waals surface area (Å²) in [5.41, 5.74) is 1.45. The van der Waals surface area contributed by atoms with Crippen LogP contribution in [0.4, 0.5) is 0 Å². The molecule has 1 atom stereocenters. The van der Waals surface area contributed by atoms with Gasteiger partial charge in [-0.2, -0.15) is 0 Å². The molecule has 0 spiro atoms. The van der Waals surface area contributed by atoms with E-state index in [0.29, 0.717) is 11.6 Å². The Morgan fingerprint density at radius 2 is 2.25 bits per heavy atom. The van der Waals surface area contributed by atoms with Gasteiger partial charge in [0.15, 0.2) is 5.65 Å². The fourth-order valence-corrected chi connectivity index (χ4v) is 3.00. The number of likely N-dealkylation sites (tertiary alicyclic amines) is 1. The van der Waals surface area contributed by atoms with Gasteiger partial charge in [-0.1, -0.05) is 6.92 Å². The molecule has 0 radical (unpaired) electrons. The third kappa shape index (κ3) is 2.17. The van der Waals surface area contributed by atoms with Gasteiger partial charge in [-0.15, -0.1) is 10.2 Å². The first-order chi connectivity index (χ1) is 9.70. The monoisotopic (exact) mass is 272 g/mol. The lowest BCUT2D eigenvalue weighted by atomic mass is 9.99. The molecular formula is C15H20N4O. The number of aromatic nitrogens is 3. The number of piperidine rings is 1. The average Bonchev–Trinajstić information content (AvgIpc) is 2.87. The fraction of sp³-hybridized carbons (Fsp3) is 0.533. The van der Waals surface area contributed by atoms with E-state index in [9.17, 15) is 4.79 Å². The standard InChI is InChI=1S/C15H20N4O/c1-3-13-6-4-5-8-19(13)15(20)12-7-9-18-11(2)16-17-14(18)10-12/h7,9-10,13H,3-6,8H2,1-2H3. The fourth-order valence-electron chi connectivity index (χ4n) is 3.00. The maximum atomic E-state index is 12.7. The summed E-state index contributed by atoms with van der Waals surface area (Å²) < 4.78 is 1.89. The quantitative estimate of drug-likeness (QED) is 0.843. The van der Waals surface area contributed by atoms with E-state index in [1.54, 1.807) is 0 Å². The van der Waals surface area contributed by atoms with Gasteiger partial charge in [0.05, 0.1) is 0 Å². The topological polar surface area (TPSA) is 50.5 Å². The summed E-state index contributed by atoms with van der Waals surface area (Å²) in [4.78, 5) is 14.7. The first-order valence-electron chi connectivity index (χ1n) is 7.33. The van der Waals surface area contributed by atoms with Crippen molar-refractivity contribution in [2.24, 2.45) is 0 Å². The summed E-state index contributed by atoms with van der Waals surface area (Å²) in [5.74, 6) is 0.961. The minimum Gasteiger partial charge on any atom is -0.336 e. The Hall–Kier alpha value is -1.91. The van der Waals surface area contributed by atoms with Crippen molar-refractivity contribution in [2.75, 3.05) is 6.54 Å². The number of nitrogens with zero attached hydrogens (tertiary/aromatic N) is 4. The number of fused-ring (bicyclic) bond motifs is 1. The van der Waals surface area contributed by atoms with Crippen LogP contribution in [0.3, 0.4) is 0 Å². The molecule has 0 N–H and O–H groups in total. The van der Waals surface area contributed by atoms with Crippen molar-refractivity contribution in [1.29, 1.82) is 0 Å². The van der Waals surface area contributed by atoms with Gasteiger partial charge in [-0.05, 0) is 44.7 Å². The molecule has 5 nitrogen and oxygen atoms in total. The minimum atomic E-state index is 0.125. The second-order valence-electron chi connectivity index (χ2n) is 5.45. The normalized spacial score (nSPS) is 19.5. The Kier molecular flexibility index (Phi) is 3.42. The highest BCUT2D eigenvalue weighted by atomic mass is 16.2. The molecule has 1 fully saturated rings. The molecule has 5 heteroatoms. The van der Waals surface area contributed by atoms with Gasteiger partial charge in [0.1, 0.15) is 5.82 Å². The van der Waals surface area contributed by atoms with Gasteiger partial charge in [-0.3, -0.25) is 9.20 Å². The predicted molar refractivity (Wildman–Crippen MR) is 76.7 cm³/mol. The van der Waals surface area contributed by atoms with Crippen LogP contribution in [0.5, 0.6) is 0 Å². The first kappa shape index (κ1) is 13.1. The zero-order chi connectivity index (χ0) is 14.1. The number of rotatable bonds is 2. The maximum absolute atomic E-state index is 12.7. The predicted octanol–water partition coefficient (Wildman–Crippen LogP) is 2.44. The molecular weight excluding hydrogens is 252 g/mol. The summed E-state index contributed by atoms with van der Waals surface area (Å²) in [5, 5.41) is 8.12. The van der Waals surface area contributed by atoms with Crippen LogP contribution in [0, 0.1) is 6.92 Å². The van der Waals surface area contributed by atoms with Crippen molar-refractivity contribution in [2.45, 2.75) is 45.6 Å². The molecule has 0 aromatic carbocycles. The Balaban J connectivity index is 1.91. The summed E-state index contributed by atoms with van der Waals surface area (Å²) in [7, 11) is 0. The van der Waals surface area contributed by atoms with Gasteiger partial charge in [-0.25, -0.2) is 0 Å². The van der Waals surface area contributed by atoms with E-state index in [0.717, 1.165) is 37.3 Å². The Morgan fingerprint density at radius 1 is 1.40 bits per heavy atom. The van der Waals surface area contributed by atoms with Crippen molar-refractivity contribution in [3.8, 4) is 0 Å². The Morgan fingerprint density at radius 3 is 3.05 bits per heavy atom. The smallest absolute Gasteiger partial charge is 0.254 e. The molecule has 1 unspecified atom stereocenters. The van der Waals surface area contributed by atoms with E-state index in [1.165, 1.54) is 6.42 Å². The lowest BCUT2D eigenvalue weighted by molar-refractivity contribution is 0.0608. The average molecular weight is 272 g/mol. The number of amides is 1. The molecule has 2 aromatic rings. The van der Waals surface area contributed by atoms with E-state index in [2.05, 4.69) is 17.1 Å². The number of hydrogen-bond donors (Lipinski definition) is 0. The third-order valence-corrected chi connectivity index (χ3v) is 4.19. The summed E-state index contributed by atoms with van der Waals surface area (Å²) in [6.45, 7) is 4.93. The number of hydrogen-bond acceptors (Lipinski definition) is 3. The molecule has 2 aromatic heterocycles. The number of aryl methyl sites for hydroxylation is 1. The zero-order valence-electron chi connectivity index (χ0n) is 12.0. The van der Waals surface area contributed by atoms with Crippen LogP contribution in [0.15, 0.2) is 18.3 Å². The van der Waals surface area contributed by atoms with Crippen LogP contribution in [-0.4, -0.2) is 38.0 Å². The van der Waals surface area contributed by atoms with E-state index in [-0.39, 0.29) is 5.91 Å². The van der Waals surface area contributed by atoms with Crippen LogP contribution in [-0.2, 0) is 0 Å². The van der Waals surface area contributed by atoms with E-state index < -0.39 is 0 Å². The molecule has 3 rings (SSSR count). The molecule has 1 saturated heterocycles. The number of pyridine rings is 1. The van der Waals surface area contributed by atoms with Gasteiger partial charge in [0, 0.05) is 24.3 Å². The second kappa shape index (κ2) is 5.23. The molecule has 1 aliphatic rings.